The van der Waals surface area contributed by atoms with Gasteiger partial charge in [0.15, 0.2) is 0 Å². The monoisotopic (exact) mass is 284 g/mol. The predicted molar refractivity (Wildman–Crippen MR) is 87.2 cm³/mol. The van der Waals surface area contributed by atoms with Gasteiger partial charge in [-0.1, -0.05) is 27.7 Å². The number of rotatable bonds is 8. The summed E-state index contributed by atoms with van der Waals surface area (Å²) in [7, 11) is 1.82. The Morgan fingerprint density at radius 3 is 2.70 bits per heavy atom. The van der Waals surface area contributed by atoms with E-state index >= 15 is 0 Å². The number of nitrogens with one attached hydrogen (secondary N) is 1. The molecule has 0 radical (unpaired) electrons. The van der Waals surface area contributed by atoms with Gasteiger partial charge >= 0.3 is 0 Å². The lowest BCUT2D eigenvalue weighted by atomic mass is 9.84. The first-order valence-corrected chi connectivity index (χ1v) is 8.42. The van der Waals surface area contributed by atoms with Gasteiger partial charge in [-0.15, -0.1) is 0 Å². The van der Waals surface area contributed by atoms with Gasteiger partial charge in [0, 0.05) is 19.7 Å². The van der Waals surface area contributed by atoms with E-state index < -0.39 is 0 Å². The molecule has 0 aliphatic carbocycles. The minimum Gasteiger partial charge on any atom is -0.384 e. The molecule has 1 saturated heterocycles. The molecule has 0 amide bonds. The van der Waals surface area contributed by atoms with Crippen LogP contribution in [-0.4, -0.2) is 50.8 Å². The molecule has 1 fully saturated rings. The maximum atomic E-state index is 5.32. The highest BCUT2D eigenvalue weighted by molar-refractivity contribution is 4.82. The highest BCUT2D eigenvalue weighted by atomic mass is 16.5. The van der Waals surface area contributed by atoms with Crippen LogP contribution < -0.4 is 5.32 Å². The summed E-state index contributed by atoms with van der Waals surface area (Å²) in [4.78, 5) is 2.64. The lowest BCUT2D eigenvalue weighted by molar-refractivity contribution is 0.0854. The van der Waals surface area contributed by atoms with E-state index in [9.17, 15) is 0 Å². The third kappa shape index (κ3) is 6.55. The summed E-state index contributed by atoms with van der Waals surface area (Å²) in [6.45, 7) is 15.1. The lowest BCUT2D eigenvalue weighted by Crippen LogP contribution is -2.45. The summed E-state index contributed by atoms with van der Waals surface area (Å²) >= 11 is 0. The molecule has 1 N–H and O–H groups in total. The molecule has 2 unspecified atom stereocenters. The molecule has 2 atom stereocenters. The molecule has 1 heterocycles. The summed E-state index contributed by atoms with van der Waals surface area (Å²) in [5.74, 6) is 0.741. The fourth-order valence-corrected chi connectivity index (χ4v) is 3.20. The molecule has 1 aliphatic heterocycles. The van der Waals surface area contributed by atoms with Crippen molar-refractivity contribution in [3.8, 4) is 0 Å². The molecule has 0 saturated carbocycles. The van der Waals surface area contributed by atoms with Crippen LogP contribution in [-0.2, 0) is 4.74 Å². The second-order valence-corrected chi connectivity index (χ2v) is 7.43. The van der Waals surface area contributed by atoms with Gasteiger partial charge in [0.2, 0.25) is 0 Å². The van der Waals surface area contributed by atoms with E-state index in [0.29, 0.717) is 11.5 Å². The molecule has 1 aliphatic rings. The van der Waals surface area contributed by atoms with Crippen LogP contribution in [0.2, 0.25) is 0 Å². The third-order valence-electron chi connectivity index (χ3n) is 4.43. The smallest absolute Gasteiger partial charge is 0.0502 e. The largest absolute Gasteiger partial charge is 0.384 e. The maximum Gasteiger partial charge on any atom is 0.0502 e. The quantitative estimate of drug-likeness (QED) is 0.741. The molecular weight excluding hydrogens is 248 g/mol. The van der Waals surface area contributed by atoms with Crippen LogP contribution in [0.3, 0.4) is 0 Å². The van der Waals surface area contributed by atoms with Gasteiger partial charge in [0.05, 0.1) is 6.61 Å². The van der Waals surface area contributed by atoms with Crippen LogP contribution in [0.15, 0.2) is 0 Å². The zero-order valence-electron chi connectivity index (χ0n) is 14.4. The van der Waals surface area contributed by atoms with Crippen LogP contribution in [0.25, 0.3) is 0 Å². The SMILES string of the molecule is CCCNC(CCN1CCCC(COC)C1)C(C)(C)C. The Hall–Kier alpha value is -0.120. The molecule has 0 aromatic rings. The fraction of sp³-hybridized carbons (Fsp3) is 1.00. The molecule has 20 heavy (non-hydrogen) atoms. The van der Waals surface area contributed by atoms with Crippen LogP contribution in [0.5, 0.6) is 0 Å². The Kier molecular flexibility index (Phi) is 8.08. The lowest BCUT2D eigenvalue weighted by Gasteiger charge is -2.36. The molecule has 0 aromatic heterocycles. The Bertz CT molecular complexity index is 248. The number of piperidine rings is 1. The van der Waals surface area contributed by atoms with Crippen molar-refractivity contribution in [3.05, 3.63) is 0 Å². The molecule has 0 spiro atoms. The van der Waals surface area contributed by atoms with Crippen LogP contribution in [0, 0.1) is 11.3 Å². The molecular formula is C17H36N2O. The van der Waals surface area contributed by atoms with Crippen molar-refractivity contribution >= 4 is 0 Å². The van der Waals surface area contributed by atoms with Crippen molar-refractivity contribution in [2.75, 3.05) is 39.9 Å². The summed E-state index contributed by atoms with van der Waals surface area (Å²) in [5.41, 5.74) is 0.344. The highest BCUT2D eigenvalue weighted by Gasteiger charge is 2.26. The molecule has 3 nitrogen and oxygen atoms in total. The molecule has 0 bridgehead atoms. The first kappa shape index (κ1) is 17.9. The third-order valence-corrected chi connectivity index (χ3v) is 4.43. The zero-order chi connectivity index (χ0) is 15.0. The van der Waals surface area contributed by atoms with E-state index in [1.165, 1.54) is 45.3 Å². The summed E-state index contributed by atoms with van der Waals surface area (Å²) < 4.78 is 5.32. The van der Waals surface area contributed by atoms with Crippen molar-refractivity contribution in [3.63, 3.8) is 0 Å². The Balaban J connectivity index is 2.38. The number of methoxy groups -OCH3 is 1. The highest BCUT2D eigenvalue weighted by Crippen LogP contribution is 2.23. The van der Waals surface area contributed by atoms with Gasteiger partial charge in [-0.3, -0.25) is 0 Å². The number of nitrogens with zero attached hydrogens (tertiary/aromatic N) is 1. The molecule has 120 valence electrons. The van der Waals surface area contributed by atoms with E-state index in [1.54, 1.807) is 0 Å². The predicted octanol–water partition coefficient (Wildman–Crippen LogP) is 3.15. The van der Waals surface area contributed by atoms with Crippen LogP contribution >= 0.6 is 0 Å². The second-order valence-electron chi connectivity index (χ2n) is 7.43. The molecule has 3 heteroatoms. The standard InChI is InChI=1S/C17H36N2O/c1-6-10-18-16(17(2,3)4)9-12-19-11-7-8-15(13-19)14-20-5/h15-16,18H,6-14H2,1-5H3. The van der Waals surface area contributed by atoms with E-state index in [1.807, 2.05) is 7.11 Å². The second kappa shape index (κ2) is 9.01. The minimum atomic E-state index is 0.344. The topological polar surface area (TPSA) is 24.5 Å². The fourth-order valence-electron chi connectivity index (χ4n) is 3.20. The summed E-state index contributed by atoms with van der Waals surface area (Å²) in [5, 5.41) is 3.73. The maximum absolute atomic E-state index is 5.32. The number of ether oxygens (including phenoxy) is 1. The van der Waals surface area contributed by atoms with E-state index in [0.717, 1.165) is 19.1 Å². The van der Waals surface area contributed by atoms with Crippen LogP contribution in [0.4, 0.5) is 0 Å². The Morgan fingerprint density at radius 2 is 2.10 bits per heavy atom. The van der Waals surface area contributed by atoms with E-state index in [2.05, 4.69) is 37.9 Å². The van der Waals surface area contributed by atoms with Crippen molar-refractivity contribution in [1.29, 1.82) is 0 Å². The van der Waals surface area contributed by atoms with Crippen LogP contribution in [0.1, 0.15) is 53.4 Å². The van der Waals surface area contributed by atoms with Gasteiger partial charge < -0.3 is 15.0 Å². The number of hydrogen-bond donors (Lipinski definition) is 1. The van der Waals surface area contributed by atoms with Crippen molar-refractivity contribution in [1.82, 2.24) is 10.2 Å². The van der Waals surface area contributed by atoms with Gasteiger partial charge in [-0.2, -0.15) is 0 Å². The Morgan fingerprint density at radius 1 is 1.35 bits per heavy atom. The molecule has 1 rings (SSSR count). The van der Waals surface area contributed by atoms with Gasteiger partial charge in [-0.25, -0.2) is 0 Å². The normalized spacial score (nSPS) is 22.9. The van der Waals surface area contributed by atoms with Crippen molar-refractivity contribution in [2.45, 2.75) is 59.4 Å². The summed E-state index contributed by atoms with van der Waals surface area (Å²) in [6, 6.07) is 0.616. The van der Waals surface area contributed by atoms with Gasteiger partial charge in [0.25, 0.3) is 0 Å². The van der Waals surface area contributed by atoms with Crippen molar-refractivity contribution in [2.24, 2.45) is 11.3 Å². The van der Waals surface area contributed by atoms with E-state index in [-0.39, 0.29) is 0 Å². The minimum absolute atomic E-state index is 0.344. The first-order valence-electron chi connectivity index (χ1n) is 8.42. The number of hydrogen-bond acceptors (Lipinski definition) is 3. The van der Waals surface area contributed by atoms with E-state index in [4.69, 9.17) is 4.74 Å². The first-order chi connectivity index (χ1) is 9.47. The summed E-state index contributed by atoms with van der Waals surface area (Å²) in [6.07, 6.45) is 5.13. The molecule has 0 aromatic carbocycles. The Labute approximate surface area is 126 Å². The average Bonchev–Trinajstić information content (AvgIpc) is 2.38. The number of likely N-dealkylation sites (tertiary alicyclic amines) is 1. The van der Waals surface area contributed by atoms with Gasteiger partial charge in [-0.05, 0) is 56.7 Å². The van der Waals surface area contributed by atoms with Gasteiger partial charge in [0.1, 0.15) is 0 Å². The zero-order valence-corrected chi connectivity index (χ0v) is 14.4. The van der Waals surface area contributed by atoms with Crippen molar-refractivity contribution < 1.29 is 4.74 Å². The average molecular weight is 284 g/mol.